The van der Waals surface area contributed by atoms with Crippen LogP contribution in [-0.2, 0) is 11.3 Å². The van der Waals surface area contributed by atoms with E-state index in [4.69, 9.17) is 4.74 Å². The maximum absolute atomic E-state index is 13.5. The summed E-state index contributed by atoms with van der Waals surface area (Å²) in [6, 6.07) is 4.17. The normalized spacial score (nSPS) is 11.8. The van der Waals surface area contributed by atoms with Crippen molar-refractivity contribution in [2.24, 2.45) is 0 Å². The quantitative estimate of drug-likeness (QED) is 0.824. The first-order valence-corrected chi connectivity index (χ1v) is 7.68. The summed E-state index contributed by atoms with van der Waals surface area (Å²) in [7, 11) is 1.36. The number of aromatic nitrogens is 1. The second kappa shape index (κ2) is 7.34. The van der Waals surface area contributed by atoms with Crippen molar-refractivity contribution in [2.45, 2.75) is 19.6 Å². The number of benzene rings is 1. The minimum Gasteiger partial charge on any atom is -0.494 e. The Labute approximate surface area is 137 Å². The van der Waals surface area contributed by atoms with Gasteiger partial charge < -0.3 is 14.7 Å². The monoisotopic (exact) mass is 336 g/mol. The van der Waals surface area contributed by atoms with E-state index in [0.29, 0.717) is 15.6 Å². The molecule has 1 amide bonds. The van der Waals surface area contributed by atoms with Crippen LogP contribution >= 0.6 is 11.3 Å². The van der Waals surface area contributed by atoms with Crippen molar-refractivity contribution >= 4 is 22.9 Å². The molecule has 1 aromatic carbocycles. The third kappa shape index (κ3) is 3.94. The Morgan fingerprint density at radius 3 is 2.91 bits per heavy atom. The number of thiazole rings is 1. The summed E-state index contributed by atoms with van der Waals surface area (Å²) in [4.78, 5) is 18.5. The van der Waals surface area contributed by atoms with Crippen molar-refractivity contribution in [2.75, 3.05) is 12.0 Å². The number of anilines is 1. The molecule has 0 aliphatic heterocycles. The average Bonchev–Trinajstić information content (AvgIpc) is 3.01. The summed E-state index contributed by atoms with van der Waals surface area (Å²) in [6.07, 6.45) is 2.14. The zero-order chi connectivity index (χ0) is 17.0. The topological polar surface area (TPSA) is 62.7 Å². The number of methoxy groups -OCH3 is 1. The number of carbonyl (C=O) groups excluding carboxylic acids is 1. The number of carbonyl (C=O) groups is 1. The average molecular weight is 336 g/mol. The summed E-state index contributed by atoms with van der Waals surface area (Å²) in [5, 5.41) is 10.2. The zero-order valence-corrected chi connectivity index (χ0v) is 13.6. The molecule has 2 rings (SSSR count). The Hall–Kier alpha value is -2.25. The van der Waals surface area contributed by atoms with Gasteiger partial charge in [0.25, 0.3) is 5.91 Å². The molecule has 0 aliphatic rings. The lowest BCUT2D eigenvalue weighted by atomic mass is 10.2. The van der Waals surface area contributed by atoms with E-state index in [-0.39, 0.29) is 18.2 Å². The lowest BCUT2D eigenvalue weighted by molar-refractivity contribution is -0.114. The predicted octanol–water partition coefficient (Wildman–Crippen LogP) is 3.06. The molecule has 0 aliphatic carbocycles. The summed E-state index contributed by atoms with van der Waals surface area (Å²) in [5.41, 5.74) is 0.474. The molecule has 2 aromatic rings. The lowest BCUT2D eigenvalue weighted by Gasteiger charge is -2.21. The highest BCUT2D eigenvalue weighted by molar-refractivity contribution is 7.11. The van der Waals surface area contributed by atoms with E-state index in [1.807, 2.05) is 0 Å². The van der Waals surface area contributed by atoms with Gasteiger partial charge in [-0.05, 0) is 25.1 Å². The third-order valence-electron chi connectivity index (χ3n) is 3.16. The summed E-state index contributed by atoms with van der Waals surface area (Å²) in [6.45, 7) is 5.33. The van der Waals surface area contributed by atoms with Crippen LogP contribution in [0.15, 0.2) is 37.1 Å². The maximum atomic E-state index is 13.5. The van der Waals surface area contributed by atoms with Gasteiger partial charge in [0.2, 0.25) is 0 Å². The highest BCUT2D eigenvalue weighted by Gasteiger charge is 2.18. The molecule has 0 bridgehead atoms. The van der Waals surface area contributed by atoms with Crippen molar-refractivity contribution in [1.29, 1.82) is 0 Å². The molecule has 1 unspecified atom stereocenters. The van der Waals surface area contributed by atoms with Gasteiger partial charge in [0, 0.05) is 18.0 Å². The minimum absolute atomic E-state index is 0.0492. The van der Waals surface area contributed by atoms with Gasteiger partial charge in [0.15, 0.2) is 11.6 Å². The molecule has 0 saturated carbocycles. The van der Waals surface area contributed by atoms with Crippen LogP contribution in [0.5, 0.6) is 5.75 Å². The maximum Gasteiger partial charge on any atom is 0.250 e. The van der Waals surface area contributed by atoms with Crippen LogP contribution in [0.2, 0.25) is 0 Å². The van der Waals surface area contributed by atoms with Crippen LogP contribution in [0.4, 0.5) is 10.1 Å². The van der Waals surface area contributed by atoms with Gasteiger partial charge in [-0.1, -0.05) is 6.58 Å². The standard InChI is InChI=1S/C16H17FN2O3S/c1-4-16(21)19(9-15-18-8-14(23-15)10(2)20)11-5-6-12(17)13(7-11)22-3/h4-8,10,20H,1,9H2,2-3H3. The minimum atomic E-state index is -0.615. The fourth-order valence-corrected chi connectivity index (χ4v) is 2.80. The van der Waals surface area contributed by atoms with Gasteiger partial charge in [-0.25, -0.2) is 9.37 Å². The van der Waals surface area contributed by atoms with E-state index >= 15 is 0 Å². The van der Waals surface area contributed by atoms with E-state index in [1.165, 1.54) is 47.6 Å². The van der Waals surface area contributed by atoms with E-state index in [2.05, 4.69) is 11.6 Å². The van der Waals surface area contributed by atoms with Gasteiger partial charge in [0.05, 0.1) is 24.6 Å². The molecular formula is C16H17FN2O3S. The number of hydrogen-bond acceptors (Lipinski definition) is 5. The van der Waals surface area contributed by atoms with E-state index in [9.17, 15) is 14.3 Å². The number of nitrogens with zero attached hydrogens (tertiary/aromatic N) is 2. The number of aliphatic hydroxyl groups excluding tert-OH is 1. The van der Waals surface area contributed by atoms with Crippen LogP contribution in [-0.4, -0.2) is 23.1 Å². The second-order valence-electron chi connectivity index (χ2n) is 4.78. The van der Waals surface area contributed by atoms with Crippen LogP contribution in [0.3, 0.4) is 0 Å². The van der Waals surface area contributed by atoms with E-state index in [0.717, 1.165) is 0 Å². The van der Waals surface area contributed by atoms with Crippen molar-refractivity contribution < 1.29 is 19.0 Å². The van der Waals surface area contributed by atoms with E-state index < -0.39 is 11.9 Å². The van der Waals surface area contributed by atoms with Gasteiger partial charge in [-0.2, -0.15) is 0 Å². The summed E-state index contributed by atoms with van der Waals surface area (Å²) in [5.74, 6) is -0.798. The number of hydrogen-bond donors (Lipinski definition) is 1. The number of ether oxygens (including phenoxy) is 1. The highest BCUT2D eigenvalue weighted by atomic mass is 32.1. The molecule has 122 valence electrons. The van der Waals surface area contributed by atoms with Crippen molar-refractivity contribution in [3.8, 4) is 5.75 Å². The molecule has 0 radical (unpaired) electrons. The molecule has 1 atom stereocenters. The molecule has 1 N–H and O–H groups in total. The summed E-state index contributed by atoms with van der Waals surface area (Å²) >= 11 is 1.31. The van der Waals surface area contributed by atoms with Crippen LogP contribution in [0.25, 0.3) is 0 Å². The highest BCUT2D eigenvalue weighted by Crippen LogP contribution is 2.28. The number of amides is 1. The smallest absolute Gasteiger partial charge is 0.250 e. The van der Waals surface area contributed by atoms with Crippen molar-refractivity contribution in [1.82, 2.24) is 4.98 Å². The first kappa shape index (κ1) is 17.1. The van der Waals surface area contributed by atoms with Crippen LogP contribution < -0.4 is 9.64 Å². The fraction of sp³-hybridized carbons (Fsp3) is 0.250. The SMILES string of the molecule is C=CC(=O)N(Cc1ncc(C(C)O)s1)c1ccc(F)c(OC)c1. The Kier molecular flexibility index (Phi) is 5.46. The molecule has 1 heterocycles. The second-order valence-corrected chi connectivity index (χ2v) is 5.93. The molecule has 1 aromatic heterocycles. The molecule has 7 heteroatoms. The molecule has 0 spiro atoms. The Bertz CT molecular complexity index is 715. The summed E-state index contributed by atoms with van der Waals surface area (Å²) < 4.78 is 18.5. The fourth-order valence-electron chi connectivity index (χ4n) is 1.95. The molecule has 0 fully saturated rings. The van der Waals surface area contributed by atoms with Crippen molar-refractivity contribution in [3.05, 3.63) is 52.8 Å². The molecular weight excluding hydrogens is 319 g/mol. The van der Waals surface area contributed by atoms with Crippen LogP contribution in [0, 0.1) is 5.82 Å². The Morgan fingerprint density at radius 2 is 2.35 bits per heavy atom. The number of halogens is 1. The van der Waals surface area contributed by atoms with Gasteiger partial charge in [-0.3, -0.25) is 4.79 Å². The van der Waals surface area contributed by atoms with Crippen LogP contribution in [0.1, 0.15) is 22.9 Å². The Morgan fingerprint density at radius 1 is 1.61 bits per heavy atom. The Balaban J connectivity index is 2.33. The van der Waals surface area contributed by atoms with E-state index in [1.54, 1.807) is 13.1 Å². The predicted molar refractivity (Wildman–Crippen MR) is 87.1 cm³/mol. The lowest BCUT2D eigenvalue weighted by Crippen LogP contribution is -2.28. The molecule has 0 saturated heterocycles. The first-order chi connectivity index (χ1) is 11.0. The first-order valence-electron chi connectivity index (χ1n) is 6.86. The largest absolute Gasteiger partial charge is 0.494 e. The van der Waals surface area contributed by atoms with Crippen molar-refractivity contribution in [3.63, 3.8) is 0 Å². The molecule has 23 heavy (non-hydrogen) atoms. The zero-order valence-electron chi connectivity index (χ0n) is 12.8. The number of aliphatic hydroxyl groups is 1. The van der Waals surface area contributed by atoms with Gasteiger partial charge in [-0.15, -0.1) is 11.3 Å². The number of rotatable bonds is 6. The molecule has 5 nitrogen and oxygen atoms in total. The third-order valence-corrected chi connectivity index (χ3v) is 4.32. The van der Waals surface area contributed by atoms with Gasteiger partial charge >= 0.3 is 0 Å². The van der Waals surface area contributed by atoms with Gasteiger partial charge in [0.1, 0.15) is 5.01 Å².